The fourth-order valence-electron chi connectivity index (χ4n) is 3.58. The first-order valence-electron chi connectivity index (χ1n) is 8.66. The van der Waals surface area contributed by atoms with Gasteiger partial charge in [-0.3, -0.25) is 18.7 Å². The summed E-state index contributed by atoms with van der Waals surface area (Å²) in [4.78, 5) is 37.5. The largest absolute Gasteiger partial charge is 0.328 e. The van der Waals surface area contributed by atoms with Crippen LogP contribution in [0.15, 0.2) is 58.1 Å². The molecule has 0 unspecified atom stereocenters. The van der Waals surface area contributed by atoms with E-state index in [4.69, 9.17) is 0 Å². The Labute approximate surface area is 154 Å². The minimum Gasteiger partial charge on any atom is -0.300 e. The number of fused-ring (bicyclic) bond motifs is 2. The van der Waals surface area contributed by atoms with Crippen molar-refractivity contribution in [2.45, 2.75) is 13.5 Å². The summed E-state index contributed by atoms with van der Waals surface area (Å²) in [5.74, 6) is -0.177. The van der Waals surface area contributed by atoms with Gasteiger partial charge in [-0.25, -0.2) is 4.79 Å². The molecule has 0 saturated carbocycles. The second-order valence-electron chi connectivity index (χ2n) is 6.80. The van der Waals surface area contributed by atoms with Crippen LogP contribution in [0.2, 0.25) is 0 Å². The van der Waals surface area contributed by atoms with Crippen LogP contribution < -0.4 is 11.2 Å². The molecule has 0 spiro atoms. The lowest BCUT2D eigenvalue weighted by Gasteiger charge is -2.11. The summed E-state index contributed by atoms with van der Waals surface area (Å²) in [6.07, 6.45) is 0. The number of hydrogen-bond acceptors (Lipinski definition) is 3. The Morgan fingerprint density at radius 1 is 0.889 bits per heavy atom. The van der Waals surface area contributed by atoms with Crippen molar-refractivity contribution in [3.05, 3.63) is 80.5 Å². The molecule has 2 heterocycles. The maximum absolute atomic E-state index is 12.9. The van der Waals surface area contributed by atoms with E-state index in [0.717, 1.165) is 22.0 Å². The topological polar surface area (TPSA) is 66.0 Å². The zero-order valence-corrected chi connectivity index (χ0v) is 15.4. The minimum absolute atomic E-state index is 0.0497. The van der Waals surface area contributed by atoms with Crippen LogP contribution in [0.1, 0.15) is 15.9 Å². The molecule has 6 nitrogen and oxygen atoms in total. The van der Waals surface area contributed by atoms with E-state index < -0.39 is 0 Å². The second kappa shape index (κ2) is 6.09. The minimum atomic E-state index is -0.201. The zero-order valence-electron chi connectivity index (χ0n) is 15.4. The smallest absolute Gasteiger partial charge is 0.300 e. The summed E-state index contributed by atoms with van der Waals surface area (Å²) < 4.78 is 4.56. The Morgan fingerprint density at radius 2 is 1.59 bits per heavy atom. The van der Waals surface area contributed by atoms with Gasteiger partial charge in [0.15, 0.2) is 5.78 Å². The number of Topliss-reactive ketones (excluding diaryl/α,β-unsaturated/α-hetero) is 1. The van der Waals surface area contributed by atoms with Crippen molar-refractivity contribution >= 4 is 27.7 Å². The van der Waals surface area contributed by atoms with E-state index in [1.165, 1.54) is 9.13 Å². The van der Waals surface area contributed by atoms with Crippen LogP contribution in [-0.4, -0.2) is 19.5 Å². The molecule has 0 N–H and O–H groups in total. The van der Waals surface area contributed by atoms with Crippen molar-refractivity contribution in [2.24, 2.45) is 14.1 Å². The number of aromatic nitrogens is 3. The molecule has 4 rings (SSSR count). The molecule has 0 fully saturated rings. The Morgan fingerprint density at radius 3 is 2.37 bits per heavy atom. The van der Waals surface area contributed by atoms with Gasteiger partial charge in [0.25, 0.3) is 5.56 Å². The number of para-hydroxylation sites is 1. The molecular formula is C21H19N3O3. The van der Waals surface area contributed by atoms with E-state index in [2.05, 4.69) is 0 Å². The predicted molar refractivity (Wildman–Crippen MR) is 105 cm³/mol. The number of rotatable bonds is 3. The molecule has 2 aromatic carbocycles. The van der Waals surface area contributed by atoms with Crippen LogP contribution in [0, 0.1) is 6.92 Å². The van der Waals surface area contributed by atoms with Gasteiger partial charge in [-0.05, 0) is 36.8 Å². The first-order chi connectivity index (χ1) is 12.9. The van der Waals surface area contributed by atoms with Crippen LogP contribution >= 0.6 is 0 Å². The van der Waals surface area contributed by atoms with Gasteiger partial charge in [0.1, 0.15) is 0 Å². The van der Waals surface area contributed by atoms with Crippen molar-refractivity contribution in [1.29, 1.82) is 0 Å². The van der Waals surface area contributed by atoms with E-state index in [-0.39, 0.29) is 23.6 Å². The third-order valence-electron chi connectivity index (χ3n) is 5.12. The number of imidazole rings is 1. The predicted octanol–water partition coefficient (Wildman–Crippen LogP) is 2.38. The lowest BCUT2D eigenvalue weighted by molar-refractivity contribution is 0.0972. The molecule has 27 heavy (non-hydrogen) atoms. The van der Waals surface area contributed by atoms with Gasteiger partial charge in [0.2, 0.25) is 0 Å². The molecule has 0 aliphatic heterocycles. The normalized spacial score (nSPS) is 11.4. The third kappa shape index (κ3) is 2.61. The van der Waals surface area contributed by atoms with Crippen molar-refractivity contribution in [3.8, 4) is 0 Å². The van der Waals surface area contributed by atoms with Crippen molar-refractivity contribution in [1.82, 2.24) is 13.7 Å². The highest BCUT2D eigenvalue weighted by molar-refractivity contribution is 5.99. The number of aryl methyl sites for hydroxylation is 3. The summed E-state index contributed by atoms with van der Waals surface area (Å²) in [5.41, 5.74) is 3.21. The summed E-state index contributed by atoms with van der Waals surface area (Å²) >= 11 is 0. The fraction of sp³-hybridized carbons (Fsp3) is 0.190. The third-order valence-corrected chi connectivity index (χ3v) is 5.12. The Balaban J connectivity index is 1.81. The van der Waals surface area contributed by atoms with Crippen LogP contribution in [0.4, 0.5) is 0 Å². The molecule has 0 atom stereocenters. The number of benzene rings is 2. The lowest BCUT2D eigenvalue weighted by atomic mass is 10.1. The summed E-state index contributed by atoms with van der Waals surface area (Å²) in [7, 11) is 3.38. The molecule has 0 bridgehead atoms. The average Bonchev–Trinajstić information content (AvgIpc) is 2.89. The van der Waals surface area contributed by atoms with Crippen molar-refractivity contribution in [2.75, 3.05) is 0 Å². The number of ketones is 1. The van der Waals surface area contributed by atoms with Gasteiger partial charge < -0.3 is 4.57 Å². The molecule has 0 radical (unpaired) electrons. The number of nitrogens with zero attached hydrogens (tertiary/aromatic N) is 3. The Kier molecular flexibility index (Phi) is 3.84. The van der Waals surface area contributed by atoms with Gasteiger partial charge in [0, 0.05) is 31.1 Å². The maximum atomic E-state index is 12.9. The van der Waals surface area contributed by atoms with E-state index in [9.17, 15) is 14.4 Å². The molecule has 136 valence electrons. The number of carbonyl (C=O) groups is 1. The average molecular weight is 361 g/mol. The highest BCUT2D eigenvalue weighted by Crippen LogP contribution is 2.18. The highest BCUT2D eigenvalue weighted by Gasteiger charge is 2.14. The first kappa shape index (κ1) is 17.0. The van der Waals surface area contributed by atoms with Crippen LogP contribution in [-0.2, 0) is 20.6 Å². The molecular weight excluding hydrogens is 342 g/mol. The van der Waals surface area contributed by atoms with Gasteiger partial charge >= 0.3 is 5.69 Å². The van der Waals surface area contributed by atoms with Crippen LogP contribution in [0.3, 0.4) is 0 Å². The van der Waals surface area contributed by atoms with Gasteiger partial charge in [-0.1, -0.05) is 18.2 Å². The van der Waals surface area contributed by atoms with Gasteiger partial charge in [-0.2, -0.15) is 0 Å². The Hall–Kier alpha value is -3.41. The lowest BCUT2D eigenvalue weighted by Crippen LogP contribution is -2.24. The molecule has 0 amide bonds. The monoisotopic (exact) mass is 361 g/mol. The SMILES string of the molecule is Cc1cc(=O)n(CC(=O)c2ccc3c(c2)n(C)c(=O)n3C)c2ccccc12. The van der Waals surface area contributed by atoms with Crippen molar-refractivity contribution in [3.63, 3.8) is 0 Å². The van der Waals surface area contributed by atoms with Crippen molar-refractivity contribution < 1.29 is 4.79 Å². The first-order valence-corrected chi connectivity index (χ1v) is 8.66. The molecule has 0 aliphatic carbocycles. The number of carbonyl (C=O) groups excluding carboxylic acids is 1. The maximum Gasteiger partial charge on any atom is 0.328 e. The molecule has 4 aromatic rings. The van der Waals surface area contributed by atoms with E-state index in [1.807, 2.05) is 31.2 Å². The molecule has 2 aromatic heterocycles. The van der Waals surface area contributed by atoms with E-state index >= 15 is 0 Å². The van der Waals surface area contributed by atoms with E-state index in [1.54, 1.807) is 42.9 Å². The van der Waals surface area contributed by atoms with Gasteiger partial charge in [0.05, 0.1) is 23.1 Å². The zero-order chi connectivity index (χ0) is 19.3. The number of hydrogen-bond donors (Lipinski definition) is 0. The number of pyridine rings is 1. The molecule has 0 aliphatic rings. The summed E-state index contributed by atoms with van der Waals surface area (Å²) in [6, 6.07) is 14.3. The van der Waals surface area contributed by atoms with E-state index in [0.29, 0.717) is 11.1 Å². The highest BCUT2D eigenvalue weighted by atomic mass is 16.2. The summed E-state index contributed by atoms with van der Waals surface area (Å²) in [5, 5.41) is 0.950. The molecule has 6 heteroatoms. The molecule has 0 saturated heterocycles. The standard InChI is InChI=1S/C21H19N3O3/c1-13-10-20(26)24(16-7-5-4-6-15(13)16)12-19(25)14-8-9-17-18(11-14)23(3)21(27)22(17)2/h4-11H,12H2,1-3H3. The van der Waals surface area contributed by atoms with Crippen LogP contribution in [0.25, 0.3) is 21.9 Å². The Bertz CT molecular complexity index is 1340. The van der Waals surface area contributed by atoms with Crippen LogP contribution in [0.5, 0.6) is 0 Å². The quantitative estimate of drug-likeness (QED) is 0.526. The summed E-state index contributed by atoms with van der Waals surface area (Å²) in [6.45, 7) is 1.84. The van der Waals surface area contributed by atoms with Gasteiger partial charge in [-0.15, -0.1) is 0 Å². The second-order valence-corrected chi connectivity index (χ2v) is 6.80. The fourth-order valence-corrected chi connectivity index (χ4v) is 3.58.